The van der Waals surface area contributed by atoms with Gasteiger partial charge in [-0.3, -0.25) is 4.79 Å². The van der Waals surface area contributed by atoms with E-state index in [1.807, 2.05) is 24.3 Å². The first-order chi connectivity index (χ1) is 11.2. The third-order valence-corrected chi connectivity index (χ3v) is 3.13. The van der Waals surface area contributed by atoms with E-state index in [4.69, 9.17) is 21.1 Å². The van der Waals surface area contributed by atoms with Crippen LogP contribution >= 0.6 is 11.6 Å². The molecule has 0 aliphatic rings. The summed E-state index contributed by atoms with van der Waals surface area (Å²) in [6.45, 7) is 0.195. The molecule has 0 spiro atoms. The second-order valence-corrected chi connectivity index (χ2v) is 4.99. The van der Waals surface area contributed by atoms with Crippen LogP contribution in [0.3, 0.4) is 0 Å². The Bertz CT molecular complexity index is 700. The smallest absolute Gasteiger partial charge is 0.258 e. The highest BCUT2D eigenvalue weighted by Crippen LogP contribution is 2.15. The van der Waals surface area contributed by atoms with Crippen LogP contribution in [0.15, 0.2) is 48.5 Å². The van der Waals surface area contributed by atoms with Crippen molar-refractivity contribution in [3.63, 3.8) is 0 Å². The molecule has 0 heterocycles. The molecule has 0 atom stereocenters. The van der Waals surface area contributed by atoms with Crippen molar-refractivity contribution >= 4 is 17.5 Å². The molecule has 118 valence electrons. The van der Waals surface area contributed by atoms with Crippen LogP contribution in [0.5, 0.6) is 11.5 Å². The Balaban J connectivity index is 1.72. The van der Waals surface area contributed by atoms with Gasteiger partial charge in [0.25, 0.3) is 5.91 Å². The number of rotatable bonds is 5. The third kappa shape index (κ3) is 5.93. The molecule has 1 amide bonds. The molecule has 0 radical (unpaired) electrons. The van der Waals surface area contributed by atoms with Crippen LogP contribution < -0.4 is 14.8 Å². The van der Waals surface area contributed by atoms with Crippen LogP contribution in [0.1, 0.15) is 5.56 Å². The van der Waals surface area contributed by atoms with Gasteiger partial charge in [-0.25, -0.2) is 0 Å². The van der Waals surface area contributed by atoms with E-state index < -0.39 is 0 Å². The molecule has 0 saturated carbocycles. The topological polar surface area (TPSA) is 47.6 Å². The number of amides is 1. The first-order valence-corrected chi connectivity index (χ1v) is 7.33. The van der Waals surface area contributed by atoms with Crippen molar-refractivity contribution in [1.82, 2.24) is 5.32 Å². The van der Waals surface area contributed by atoms with Gasteiger partial charge < -0.3 is 14.8 Å². The average molecular weight is 330 g/mol. The molecule has 0 aliphatic carbocycles. The molecule has 2 aromatic rings. The summed E-state index contributed by atoms with van der Waals surface area (Å²) in [5, 5.41) is 3.29. The van der Waals surface area contributed by atoms with E-state index in [1.54, 1.807) is 31.4 Å². The molecule has 2 rings (SSSR count). The third-order valence-electron chi connectivity index (χ3n) is 2.88. The lowest BCUT2D eigenvalue weighted by molar-refractivity contribution is -0.122. The number of halogens is 1. The molecular weight excluding hydrogens is 314 g/mol. The van der Waals surface area contributed by atoms with Gasteiger partial charge in [0.2, 0.25) is 0 Å². The molecule has 0 saturated heterocycles. The summed E-state index contributed by atoms with van der Waals surface area (Å²) in [5.74, 6) is 6.98. The highest BCUT2D eigenvalue weighted by Gasteiger charge is 2.01. The van der Waals surface area contributed by atoms with Gasteiger partial charge in [0, 0.05) is 10.6 Å². The van der Waals surface area contributed by atoms with Crippen LogP contribution in [-0.2, 0) is 4.79 Å². The van der Waals surface area contributed by atoms with E-state index >= 15 is 0 Å². The van der Waals surface area contributed by atoms with E-state index in [9.17, 15) is 4.79 Å². The van der Waals surface area contributed by atoms with Crippen molar-refractivity contribution in [2.75, 3.05) is 20.3 Å². The zero-order chi connectivity index (χ0) is 16.5. The Kier molecular flexibility index (Phi) is 6.34. The minimum Gasteiger partial charge on any atom is -0.497 e. The summed E-state index contributed by atoms with van der Waals surface area (Å²) in [6.07, 6.45) is 0. The standard InChI is InChI=1S/C18H16ClNO3/c1-22-16-8-4-14(5-9-16)3-2-12-20-18(21)13-23-17-10-6-15(19)7-11-17/h4-11H,12-13H2,1H3,(H,20,21). The van der Waals surface area contributed by atoms with E-state index in [0.717, 1.165) is 11.3 Å². The predicted octanol–water partition coefficient (Wildman–Crippen LogP) is 2.90. The highest BCUT2D eigenvalue weighted by molar-refractivity contribution is 6.30. The first kappa shape index (κ1) is 16.7. The summed E-state index contributed by atoms with van der Waals surface area (Å²) in [6, 6.07) is 14.2. The normalized spacial score (nSPS) is 9.48. The molecule has 0 unspecified atom stereocenters. The second-order valence-electron chi connectivity index (χ2n) is 4.55. The predicted molar refractivity (Wildman–Crippen MR) is 89.8 cm³/mol. The molecule has 0 fully saturated rings. The number of ether oxygens (including phenoxy) is 2. The lowest BCUT2D eigenvalue weighted by Crippen LogP contribution is -2.29. The van der Waals surface area contributed by atoms with Gasteiger partial charge in [-0.05, 0) is 48.5 Å². The lowest BCUT2D eigenvalue weighted by Gasteiger charge is -2.05. The van der Waals surface area contributed by atoms with Crippen molar-refractivity contribution in [2.45, 2.75) is 0 Å². The number of carbonyl (C=O) groups is 1. The van der Waals surface area contributed by atoms with Crippen molar-refractivity contribution in [3.8, 4) is 23.3 Å². The molecule has 23 heavy (non-hydrogen) atoms. The van der Waals surface area contributed by atoms with Crippen LogP contribution in [0.2, 0.25) is 5.02 Å². The van der Waals surface area contributed by atoms with Crippen molar-refractivity contribution in [2.24, 2.45) is 0 Å². The molecule has 0 aromatic heterocycles. The number of methoxy groups -OCH3 is 1. The number of hydrogen-bond donors (Lipinski definition) is 1. The van der Waals surface area contributed by atoms with E-state index in [0.29, 0.717) is 10.8 Å². The number of nitrogens with one attached hydrogen (secondary N) is 1. The van der Waals surface area contributed by atoms with Gasteiger partial charge >= 0.3 is 0 Å². The highest BCUT2D eigenvalue weighted by atomic mass is 35.5. The summed E-state index contributed by atoms with van der Waals surface area (Å²) in [5.41, 5.74) is 0.859. The minimum absolute atomic E-state index is 0.0636. The summed E-state index contributed by atoms with van der Waals surface area (Å²) in [4.78, 5) is 11.6. The number of benzene rings is 2. The van der Waals surface area contributed by atoms with Crippen LogP contribution in [0.25, 0.3) is 0 Å². The monoisotopic (exact) mass is 329 g/mol. The summed E-state index contributed by atoms with van der Waals surface area (Å²) in [7, 11) is 1.61. The number of carbonyl (C=O) groups excluding carboxylic acids is 1. The van der Waals surface area contributed by atoms with Crippen LogP contribution in [0, 0.1) is 11.8 Å². The minimum atomic E-state index is -0.232. The van der Waals surface area contributed by atoms with Gasteiger partial charge in [-0.15, -0.1) is 0 Å². The Hall–Kier alpha value is -2.64. The van der Waals surface area contributed by atoms with Gasteiger partial charge in [-0.2, -0.15) is 0 Å². The Morgan fingerprint density at radius 2 is 1.74 bits per heavy atom. The largest absolute Gasteiger partial charge is 0.497 e. The zero-order valence-electron chi connectivity index (χ0n) is 12.6. The zero-order valence-corrected chi connectivity index (χ0v) is 13.4. The fourth-order valence-electron chi connectivity index (χ4n) is 1.69. The molecule has 2 aromatic carbocycles. The van der Waals surface area contributed by atoms with Gasteiger partial charge in [-0.1, -0.05) is 23.4 Å². The Morgan fingerprint density at radius 1 is 1.09 bits per heavy atom. The molecule has 0 bridgehead atoms. The summed E-state index contributed by atoms with van der Waals surface area (Å²) >= 11 is 5.77. The van der Waals surface area contributed by atoms with E-state index in [1.165, 1.54) is 0 Å². The van der Waals surface area contributed by atoms with Gasteiger partial charge in [0.05, 0.1) is 13.7 Å². The van der Waals surface area contributed by atoms with Crippen molar-refractivity contribution in [3.05, 3.63) is 59.1 Å². The molecular formula is C18H16ClNO3. The van der Waals surface area contributed by atoms with E-state index in [-0.39, 0.29) is 19.1 Å². The maximum absolute atomic E-state index is 11.6. The quantitative estimate of drug-likeness (QED) is 0.858. The second kappa shape index (κ2) is 8.72. The molecule has 0 aliphatic heterocycles. The average Bonchev–Trinajstić information content (AvgIpc) is 2.59. The van der Waals surface area contributed by atoms with Crippen LogP contribution in [-0.4, -0.2) is 26.2 Å². The maximum atomic E-state index is 11.6. The van der Waals surface area contributed by atoms with Crippen molar-refractivity contribution in [1.29, 1.82) is 0 Å². The molecule has 4 nitrogen and oxygen atoms in total. The number of hydrogen-bond acceptors (Lipinski definition) is 3. The van der Waals surface area contributed by atoms with E-state index in [2.05, 4.69) is 17.2 Å². The van der Waals surface area contributed by atoms with Gasteiger partial charge in [0.1, 0.15) is 11.5 Å². The Labute approximate surface area is 140 Å². The molecule has 1 N–H and O–H groups in total. The first-order valence-electron chi connectivity index (χ1n) is 6.95. The fraction of sp³-hybridized carbons (Fsp3) is 0.167. The maximum Gasteiger partial charge on any atom is 0.258 e. The molecule has 5 heteroatoms. The van der Waals surface area contributed by atoms with Crippen LogP contribution in [0.4, 0.5) is 0 Å². The SMILES string of the molecule is COc1ccc(C#CCNC(=O)COc2ccc(Cl)cc2)cc1. The Morgan fingerprint density at radius 3 is 2.39 bits per heavy atom. The van der Waals surface area contributed by atoms with Crippen molar-refractivity contribution < 1.29 is 14.3 Å². The summed E-state index contributed by atoms with van der Waals surface area (Å²) < 4.78 is 10.4. The lowest BCUT2D eigenvalue weighted by atomic mass is 10.2. The fourth-order valence-corrected chi connectivity index (χ4v) is 1.82. The van der Waals surface area contributed by atoms with Gasteiger partial charge in [0.15, 0.2) is 6.61 Å².